The second-order valence-corrected chi connectivity index (χ2v) is 8.38. The summed E-state index contributed by atoms with van der Waals surface area (Å²) in [6.07, 6.45) is -9.70. The zero-order chi connectivity index (χ0) is 25.4. The van der Waals surface area contributed by atoms with Crippen LogP contribution in [0.1, 0.15) is 18.9 Å². The van der Waals surface area contributed by atoms with Gasteiger partial charge in [0, 0.05) is 20.7 Å². The summed E-state index contributed by atoms with van der Waals surface area (Å²) in [6, 6.07) is 6.93. The maximum Gasteiger partial charge on any atom is 0.187 e. The van der Waals surface area contributed by atoms with E-state index >= 15 is 4.39 Å². The molecule has 1 aromatic rings. The maximum absolute atomic E-state index is 15.5. The Morgan fingerprint density at radius 1 is 1.03 bits per heavy atom. The molecule has 2 fully saturated rings. The lowest BCUT2D eigenvalue weighted by atomic mass is 9.84. The van der Waals surface area contributed by atoms with E-state index in [1.165, 1.54) is 0 Å². The minimum absolute atomic E-state index is 0.0391. The normalized spacial score (nSPS) is 36.8. The number of hydrogen-bond acceptors (Lipinski definition) is 8. The maximum atomic E-state index is 15.5. The predicted molar refractivity (Wildman–Crippen MR) is 119 cm³/mol. The Morgan fingerprint density at radius 2 is 1.71 bits per heavy atom. The molecule has 0 amide bonds. The zero-order valence-corrected chi connectivity index (χ0v) is 18.8. The minimum Gasteiger partial charge on any atom is -0.390 e. The fourth-order valence-corrected chi connectivity index (χ4v) is 4.26. The molecule has 14 nitrogen and oxygen atoms in total. The van der Waals surface area contributed by atoms with E-state index in [-0.39, 0.29) is 19.6 Å². The second kappa shape index (κ2) is 12.5. The number of hydrogen-bond donors (Lipinski definition) is 2. The fourth-order valence-electron chi connectivity index (χ4n) is 4.26. The van der Waals surface area contributed by atoms with Crippen LogP contribution in [0.2, 0.25) is 0 Å². The van der Waals surface area contributed by atoms with Gasteiger partial charge in [-0.15, -0.1) is 0 Å². The molecule has 0 aromatic heterocycles. The number of aliphatic hydroxyl groups excluding tert-OH is 2. The van der Waals surface area contributed by atoms with Gasteiger partial charge in [0.15, 0.2) is 6.29 Å². The van der Waals surface area contributed by atoms with Crippen molar-refractivity contribution < 1.29 is 28.8 Å². The van der Waals surface area contributed by atoms with Gasteiger partial charge in [0.2, 0.25) is 0 Å². The second-order valence-electron chi connectivity index (χ2n) is 8.38. The van der Waals surface area contributed by atoms with Crippen molar-refractivity contribution in [1.29, 1.82) is 0 Å². The Balaban J connectivity index is 1.86. The molecule has 10 atom stereocenters. The quantitative estimate of drug-likeness (QED) is 0.300. The van der Waals surface area contributed by atoms with Crippen molar-refractivity contribution in [3.63, 3.8) is 0 Å². The monoisotopic (exact) mass is 491 g/mol. The van der Waals surface area contributed by atoms with Crippen LogP contribution in [-0.4, -0.2) is 71.8 Å². The van der Waals surface area contributed by atoms with Crippen LogP contribution < -0.4 is 0 Å². The van der Waals surface area contributed by atoms with Gasteiger partial charge in [0.1, 0.15) is 18.4 Å². The first-order valence-corrected chi connectivity index (χ1v) is 11.0. The first-order chi connectivity index (χ1) is 16.9. The average molecular weight is 491 g/mol. The Kier molecular flexibility index (Phi) is 9.49. The van der Waals surface area contributed by atoms with Gasteiger partial charge in [-0.25, -0.2) is 4.39 Å². The fraction of sp³-hybridized carbons (Fsp3) is 0.700. The number of aliphatic hydroxyl groups is 2. The molecule has 1 saturated carbocycles. The minimum atomic E-state index is -1.64. The summed E-state index contributed by atoms with van der Waals surface area (Å²) in [4.78, 5) is 8.09. The van der Waals surface area contributed by atoms with Gasteiger partial charge >= 0.3 is 0 Å². The third-order valence-corrected chi connectivity index (χ3v) is 6.22. The molecule has 3 rings (SSSR count). The van der Waals surface area contributed by atoms with Crippen molar-refractivity contribution in [2.45, 2.75) is 75.0 Å². The van der Waals surface area contributed by atoms with Gasteiger partial charge < -0.3 is 24.4 Å². The van der Waals surface area contributed by atoms with E-state index in [9.17, 15) is 10.2 Å². The summed E-state index contributed by atoms with van der Waals surface area (Å²) in [6.45, 7) is 1.46. The van der Waals surface area contributed by atoms with E-state index in [1.54, 1.807) is 31.2 Å². The van der Waals surface area contributed by atoms with Gasteiger partial charge in [-0.3, -0.25) is 0 Å². The van der Waals surface area contributed by atoms with Crippen molar-refractivity contribution in [3.05, 3.63) is 67.2 Å². The number of benzene rings is 1. The molecule has 2 aliphatic rings. The van der Waals surface area contributed by atoms with Crippen LogP contribution in [0.25, 0.3) is 31.3 Å². The third kappa shape index (κ3) is 6.31. The molecule has 1 heterocycles. The lowest BCUT2D eigenvalue weighted by Crippen LogP contribution is -2.61. The number of rotatable bonds is 9. The van der Waals surface area contributed by atoms with Gasteiger partial charge in [0.05, 0.1) is 43.5 Å². The highest BCUT2D eigenvalue weighted by atomic mass is 19.1. The molecule has 0 bridgehead atoms. The predicted octanol–water partition coefficient (Wildman–Crippen LogP) is 3.45. The third-order valence-electron chi connectivity index (χ3n) is 6.22. The summed E-state index contributed by atoms with van der Waals surface area (Å²) in [5.41, 5.74) is 27.2. The SMILES string of the molecule is CC1C(CN=[N+]=[N-])OC(OC2C(N=[N+]=[N-])CC(N=[N+]=[N-])C(O)C2O)C(OCc2ccccc2)C1F. The molecule has 1 aromatic carbocycles. The molecule has 188 valence electrons. The molecule has 0 spiro atoms. The van der Waals surface area contributed by atoms with Crippen LogP contribution in [0.5, 0.6) is 0 Å². The van der Waals surface area contributed by atoms with Crippen LogP contribution in [0.3, 0.4) is 0 Å². The Labute approximate surface area is 199 Å². The number of azide groups is 3. The van der Waals surface area contributed by atoms with Crippen LogP contribution in [0, 0.1) is 5.92 Å². The van der Waals surface area contributed by atoms with Crippen LogP contribution >= 0.6 is 0 Å². The van der Waals surface area contributed by atoms with E-state index in [2.05, 4.69) is 30.1 Å². The van der Waals surface area contributed by atoms with Gasteiger partial charge in [-0.2, -0.15) is 0 Å². The van der Waals surface area contributed by atoms with Crippen LogP contribution in [-0.2, 0) is 20.8 Å². The van der Waals surface area contributed by atoms with Crippen molar-refractivity contribution >= 4 is 0 Å². The molecular weight excluding hydrogens is 465 g/mol. The number of ether oxygens (including phenoxy) is 3. The summed E-state index contributed by atoms with van der Waals surface area (Å²) in [7, 11) is 0. The lowest BCUT2D eigenvalue weighted by molar-refractivity contribution is -0.310. The average Bonchev–Trinajstić information content (AvgIpc) is 2.86. The van der Waals surface area contributed by atoms with Crippen molar-refractivity contribution in [2.24, 2.45) is 21.3 Å². The topological polar surface area (TPSA) is 214 Å². The van der Waals surface area contributed by atoms with Gasteiger partial charge in [0.25, 0.3) is 0 Å². The van der Waals surface area contributed by atoms with Crippen LogP contribution in [0.4, 0.5) is 4.39 Å². The highest BCUT2D eigenvalue weighted by Gasteiger charge is 2.50. The van der Waals surface area contributed by atoms with E-state index in [0.717, 1.165) is 5.56 Å². The van der Waals surface area contributed by atoms with Crippen molar-refractivity contribution in [2.75, 3.05) is 6.54 Å². The summed E-state index contributed by atoms with van der Waals surface area (Å²) >= 11 is 0. The van der Waals surface area contributed by atoms with Crippen molar-refractivity contribution in [1.82, 2.24) is 0 Å². The van der Waals surface area contributed by atoms with E-state index in [1.807, 2.05) is 6.07 Å². The van der Waals surface area contributed by atoms with Gasteiger partial charge in [-0.05, 0) is 28.6 Å². The standard InChI is InChI=1S/C20H26FN9O5/c1-10-14(8-25-28-22)34-20(19(15(10)21)33-9-11-5-3-2-4-6-11)35-18-13(27-30-24)7-12(26-29-23)16(31)17(18)32/h2-6,10,12-20,31-32H,7-9H2,1H3. The van der Waals surface area contributed by atoms with Crippen LogP contribution in [0.15, 0.2) is 45.7 Å². The van der Waals surface area contributed by atoms with E-state index < -0.39 is 61.0 Å². The molecule has 1 saturated heterocycles. The summed E-state index contributed by atoms with van der Waals surface area (Å²) < 4.78 is 33.2. The molecule has 1 aliphatic carbocycles. The largest absolute Gasteiger partial charge is 0.390 e. The molecule has 35 heavy (non-hydrogen) atoms. The molecule has 10 unspecified atom stereocenters. The first-order valence-electron chi connectivity index (χ1n) is 11.0. The Hall–Kier alpha value is -3.12. The lowest BCUT2D eigenvalue weighted by Gasteiger charge is -2.46. The first kappa shape index (κ1) is 26.5. The molecule has 1 aliphatic heterocycles. The van der Waals surface area contributed by atoms with Crippen molar-refractivity contribution in [3.8, 4) is 0 Å². The zero-order valence-electron chi connectivity index (χ0n) is 18.8. The summed E-state index contributed by atoms with van der Waals surface area (Å²) in [5, 5.41) is 31.6. The number of alkyl halides is 1. The highest BCUT2D eigenvalue weighted by molar-refractivity contribution is 5.13. The molecule has 2 N–H and O–H groups in total. The number of halogens is 1. The smallest absolute Gasteiger partial charge is 0.187 e. The molecule has 15 heteroatoms. The highest BCUT2D eigenvalue weighted by Crippen LogP contribution is 2.35. The van der Waals surface area contributed by atoms with Gasteiger partial charge in [-0.1, -0.05) is 52.6 Å². The Bertz CT molecular complexity index is 986. The Morgan fingerprint density at radius 3 is 2.37 bits per heavy atom. The summed E-state index contributed by atoms with van der Waals surface area (Å²) in [5.74, 6) is -0.717. The van der Waals surface area contributed by atoms with E-state index in [0.29, 0.717) is 0 Å². The number of nitrogens with zero attached hydrogens (tertiary/aromatic N) is 9. The molecular formula is C20H26FN9O5. The molecule has 0 radical (unpaired) electrons. The van der Waals surface area contributed by atoms with E-state index in [4.69, 9.17) is 30.8 Å².